The first kappa shape index (κ1) is 61.8. The molecule has 0 aliphatic carbocycles. The quantitative estimate of drug-likeness (QED) is 0.0469. The van der Waals surface area contributed by atoms with E-state index in [0.717, 1.165) is 19.6 Å². The average Bonchev–Trinajstić information content (AvgIpc) is 3.21. The molecule has 6 heteroatoms. The number of ether oxygens (including phenoxy) is 2. The van der Waals surface area contributed by atoms with Crippen LogP contribution in [-0.2, 0) is 9.47 Å². The van der Waals surface area contributed by atoms with E-state index in [1.807, 2.05) is 37.9 Å². The van der Waals surface area contributed by atoms with Gasteiger partial charge in [0.15, 0.2) is 0 Å². The molecule has 6 nitrogen and oxygen atoms in total. The van der Waals surface area contributed by atoms with E-state index < -0.39 is 0 Å². The van der Waals surface area contributed by atoms with E-state index in [1.54, 1.807) is 0 Å². The average molecular weight is 856 g/mol. The standard InChI is InChI=1S/2C27H57NO2/c1-4-5-6-7-8-9-10-11-12-13-14-15-16-17-18-19-20-21-22-23-24-30-26-27(29)25-28(2)3;1-4-5-6-7-8-9-10-11-12-13-14-15-16-17-18-19-20-21-22-23-24-30-26-28(3)25-27(2)29/h2*27,29H,4-26H2,1-3H3. The monoisotopic (exact) mass is 855 g/mol. The second-order valence-corrected chi connectivity index (χ2v) is 19.4. The molecule has 0 saturated carbocycles. The minimum atomic E-state index is -0.356. The lowest BCUT2D eigenvalue weighted by atomic mass is 10.0. The highest BCUT2D eigenvalue weighted by Crippen LogP contribution is 2.17. The molecular formula is C54H114N2O4. The van der Waals surface area contributed by atoms with Gasteiger partial charge in [0, 0.05) is 26.3 Å². The Morgan fingerprint density at radius 1 is 0.350 bits per heavy atom. The summed E-state index contributed by atoms with van der Waals surface area (Å²) >= 11 is 0. The number of hydrogen-bond acceptors (Lipinski definition) is 6. The van der Waals surface area contributed by atoms with Gasteiger partial charge in [0.25, 0.3) is 0 Å². The zero-order chi connectivity index (χ0) is 44.3. The van der Waals surface area contributed by atoms with Gasteiger partial charge in [-0.1, -0.05) is 258 Å². The molecule has 0 aliphatic heterocycles. The first-order chi connectivity index (χ1) is 29.3. The Balaban J connectivity index is 0. The van der Waals surface area contributed by atoms with Crippen LogP contribution in [0.1, 0.15) is 278 Å². The Morgan fingerprint density at radius 3 is 0.850 bits per heavy atom. The molecule has 0 saturated heterocycles. The van der Waals surface area contributed by atoms with Gasteiger partial charge in [0.1, 0.15) is 0 Å². The Morgan fingerprint density at radius 2 is 0.600 bits per heavy atom. The zero-order valence-electron chi connectivity index (χ0n) is 42.3. The number of unbranched alkanes of at least 4 members (excludes halogenated alkanes) is 38. The summed E-state index contributed by atoms with van der Waals surface area (Å²) in [6.07, 6.45) is 56.0. The number of aliphatic hydroxyl groups is 2. The number of nitrogens with zero attached hydrogens (tertiary/aromatic N) is 2. The van der Waals surface area contributed by atoms with Crippen LogP contribution in [0.15, 0.2) is 0 Å². The minimum absolute atomic E-state index is 0.279. The van der Waals surface area contributed by atoms with Crippen LogP contribution in [0, 0.1) is 0 Å². The largest absolute Gasteiger partial charge is 0.392 e. The van der Waals surface area contributed by atoms with Crippen LogP contribution >= 0.6 is 0 Å². The third kappa shape index (κ3) is 59.9. The van der Waals surface area contributed by atoms with Crippen molar-refractivity contribution in [1.82, 2.24) is 9.80 Å². The van der Waals surface area contributed by atoms with Crippen molar-refractivity contribution in [1.29, 1.82) is 0 Å². The van der Waals surface area contributed by atoms with Gasteiger partial charge in [-0.2, -0.15) is 0 Å². The summed E-state index contributed by atoms with van der Waals surface area (Å²) < 4.78 is 11.2. The number of likely N-dealkylation sites (N-methyl/N-ethyl adjacent to an activating group) is 2. The molecule has 0 bridgehead atoms. The van der Waals surface area contributed by atoms with E-state index in [2.05, 4.69) is 13.8 Å². The summed E-state index contributed by atoms with van der Waals surface area (Å²) in [4.78, 5) is 4.02. The minimum Gasteiger partial charge on any atom is -0.392 e. The van der Waals surface area contributed by atoms with E-state index in [4.69, 9.17) is 9.47 Å². The fraction of sp³-hybridized carbons (Fsp3) is 1.00. The van der Waals surface area contributed by atoms with Gasteiger partial charge in [-0.3, -0.25) is 4.90 Å². The van der Waals surface area contributed by atoms with Crippen molar-refractivity contribution < 1.29 is 19.7 Å². The number of rotatable bonds is 50. The van der Waals surface area contributed by atoms with Gasteiger partial charge in [0.05, 0.1) is 25.5 Å². The van der Waals surface area contributed by atoms with E-state index in [1.165, 1.54) is 250 Å². The maximum Gasteiger partial charge on any atom is 0.0988 e. The first-order valence-corrected chi connectivity index (χ1v) is 27.2. The molecular weight excluding hydrogens is 741 g/mol. The molecule has 0 aromatic carbocycles. The summed E-state index contributed by atoms with van der Waals surface area (Å²) in [5.41, 5.74) is 0. The lowest BCUT2D eigenvalue weighted by Crippen LogP contribution is -2.29. The van der Waals surface area contributed by atoms with Crippen molar-refractivity contribution in [2.24, 2.45) is 0 Å². The van der Waals surface area contributed by atoms with Crippen LogP contribution < -0.4 is 0 Å². The third-order valence-electron chi connectivity index (χ3n) is 12.1. The lowest BCUT2D eigenvalue weighted by Gasteiger charge is -2.18. The maximum absolute atomic E-state index is 9.72. The lowest BCUT2D eigenvalue weighted by molar-refractivity contribution is 0.0198. The molecule has 0 fully saturated rings. The van der Waals surface area contributed by atoms with Gasteiger partial charge in [-0.15, -0.1) is 0 Å². The predicted molar refractivity (Wildman–Crippen MR) is 267 cm³/mol. The van der Waals surface area contributed by atoms with Crippen molar-refractivity contribution >= 4 is 0 Å². The highest BCUT2D eigenvalue weighted by atomic mass is 16.5. The van der Waals surface area contributed by atoms with Gasteiger partial charge in [0.2, 0.25) is 0 Å². The van der Waals surface area contributed by atoms with Gasteiger partial charge < -0.3 is 24.6 Å². The predicted octanol–water partition coefficient (Wildman–Crippen LogP) is 15.8. The summed E-state index contributed by atoms with van der Waals surface area (Å²) in [6, 6.07) is 0. The van der Waals surface area contributed by atoms with Crippen LogP contribution in [0.5, 0.6) is 0 Å². The topological polar surface area (TPSA) is 65.4 Å². The normalized spacial score (nSPS) is 12.7. The molecule has 0 aliphatic rings. The Labute approximate surface area is 378 Å². The fourth-order valence-corrected chi connectivity index (χ4v) is 8.34. The van der Waals surface area contributed by atoms with Crippen molar-refractivity contribution in [3.63, 3.8) is 0 Å². The van der Waals surface area contributed by atoms with Crippen LogP contribution in [-0.4, -0.2) is 93.0 Å². The highest BCUT2D eigenvalue weighted by Gasteiger charge is 2.05. The Kier molecular flexibility index (Phi) is 56.6. The highest BCUT2D eigenvalue weighted by molar-refractivity contribution is 4.58. The van der Waals surface area contributed by atoms with E-state index in [9.17, 15) is 10.2 Å². The molecule has 0 radical (unpaired) electrons. The molecule has 2 N–H and O–H groups in total. The van der Waals surface area contributed by atoms with Crippen LogP contribution in [0.25, 0.3) is 0 Å². The first-order valence-electron chi connectivity index (χ1n) is 27.2. The van der Waals surface area contributed by atoms with Crippen LogP contribution in [0.3, 0.4) is 0 Å². The SMILES string of the molecule is CCCCCCCCCCCCCCCCCCCCCCOCC(O)CN(C)C.CCCCCCCCCCCCCCCCCCCCCCOCN(C)CC(C)O. The number of hydrogen-bond donors (Lipinski definition) is 2. The summed E-state index contributed by atoms with van der Waals surface area (Å²) in [5.74, 6) is 0. The molecule has 0 rings (SSSR count). The number of aliphatic hydroxyl groups excluding tert-OH is 2. The van der Waals surface area contributed by atoms with Crippen LogP contribution in [0.2, 0.25) is 0 Å². The second-order valence-electron chi connectivity index (χ2n) is 19.4. The molecule has 0 spiro atoms. The molecule has 364 valence electrons. The Bertz CT molecular complexity index is 678. The van der Waals surface area contributed by atoms with Crippen molar-refractivity contribution in [2.75, 3.05) is 60.8 Å². The summed E-state index contributed by atoms with van der Waals surface area (Å²) in [7, 11) is 5.94. The summed E-state index contributed by atoms with van der Waals surface area (Å²) in [5, 5.41) is 19.0. The van der Waals surface area contributed by atoms with Crippen molar-refractivity contribution in [3.05, 3.63) is 0 Å². The summed E-state index contributed by atoms with van der Waals surface area (Å²) in [6.45, 7) is 10.5. The van der Waals surface area contributed by atoms with E-state index in [-0.39, 0.29) is 12.2 Å². The van der Waals surface area contributed by atoms with Crippen molar-refractivity contribution in [2.45, 2.75) is 290 Å². The van der Waals surface area contributed by atoms with Gasteiger partial charge in [-0.05, 0) is 40.9 Å². The van der Waals surface area contributed by atoms with E-state index >= 15 is 0 Å². The van der Waals surface area contributed by atoms with Gasteiger partial charge in [-0.25, -0.2) is 0 Å². The van der Waals surface area contributed by atoms with Crippen molar-refractivity contribution in [3.8, 4) is 0 Å². The molecule has 0 amide bonds. The molecule has 60 heavy (non-hydrogen) atoms. The smallest absolute Gasteiger partial charge is 0.0988 e. The Hall–Kier alpha value is -0.240. The molecule has 0 aromatic rings. The third-order valence-corrected chi connectivity index (χ3v) is 12.1. The van der Waals surface area contributed by atoms with Gasteiger partial charge >= 0.3 is 0 Å². The van der Waals surface area contributed by atoms with Crippen LogP contribution in [0.4, 0.5) is 0 Å². The second kappa shape index (κ2) is 54.9. The molecule has 2 unspecified atom stereocenters. The zero-order valence-corrected chi connectivity index (χ0v) is 42.3. The maximum atomic E-state index is 9.72. The molecule has 0 aromatic heterocycles. The van der Waals surface area contributed by atoms with E-state index in [0.29, 0.717) is 26.4 Å². The fourth-order valence-electron chi connectivity index (χ4n) is 8.34. The molecule has 0 heterocycles. The molecule has 2 atom stereocenters.